The van der Waals surface area contributed by atoms with Crippen molar-refractivity contribution in [2.75, 3.05) is 18.1 Å². The highest BCUT2D eigenvalue weighted by Crippen LogP contribution is 2.31. The summed E-state index contributed by atoms with van der Waals surface area (Å²) < 4.78 is 11.4. The van der Waals surface area contributed by atoms with Gasteiger partial charge in [0.05, 0.1) is 12.2 Å². The summed E-state index contributed by atoms with van der Waals surface area (Å²) in [7, 11) is 0. The van der Waals surface area contributed by atoms with E-state index in [9.17, 15) is 4.79 Å². The van der Waals surface area contributed by atoms with Gasteiger partial charge in [-0.15, -0.1) is 0 Å². The molecular weight excluding hydrogens is 350 g/mol. The lowest BCUT2D eigenvalue weighted by molar-refractivity contribution is -0.114. The van der Waals surface area contributed by atoms with Crippen molar-refractivity contribution >= 4 is 17.7 Å². The van der Waals surface area contributed by atoms with Crippen LogP contribution < -0.4 is 14.4 Å². The fourth-order valence-electron chi connectivity index (χ4n) is 3.07. The molecule has 1 aliphatic heterocycles. The fourth-order valence-corrected chi connectivity index (χ4v) is 3.07. The molecule has 0 fully saturated rings. The van der Waals surface area contributed by atoms with E-state index in [2.05, 4.69) is 0 Å². The molecule has 3 aromatic rings. The molecule has 0 saturated heterocycles. The minimum absolute atomic E-state index is 0.0554. The van der Waals surface area contributed by atoms with Gasteiger partial charge in [0, 0.05) is 6.08 Å². The Balaban J connectivity index is 1.38. The molecule has 0 aliphatic carbocycles. The monoisotopic (exact) mass is 371 g/mol. The zero-order valence-corrected chi connectivity index (χ0v) is 15.5. The highest BCUT2D eigenvalue weighted by Gasteiger charge is 2.21. The second-order valence-electron chi connectivity index (χ2n) is 6.48. The summed E-state index contributed by atoms with van der Waals surface area (Å²) in [5.74, 6) is 1.49. The molecule has 28 heavy (non-hydrogen) atoms. The van der Waals surface area contributed by atoms with Gasteiger partial charge in [0.25, 0.3) is 5.91 Å². The van der Waals surface area contributed by atoms with Crippen molar-refractivity contribution in [3.8, 4) is 11.5 Å². The number of carbonyl (C=O) groups excluding carboxylic acids is 1. The quantitative estimate of drug-likeness (QED) is 0.610. The van der Waals surface area contributed by atoms with E-state index in [1.54, 1.807) is 11.0 Å². The summed E-state index contributed by atoms with van der Waals surface area (Å²) in [5.41, 5.74) is 2.89. The second kappa shape index (κ2) is 8.44. The van der Waals surface area contributed by atoms with Crippen molar-refractivity contribution in [2.24, 2.45) is 0 Å². The van der Waals surface area contributed by atoms with Crippen LogP contribution in [-0.4, -0.2) is 19.1 Å². The number of fused-ring (bicyclic) bond motifs is 1. The molecule has 4 heteroatoms. The Morgan fingerprint density at radius 1 is 0.964 bits per heavy atom. The number of hydrogen-bond acceptors (Lipinski definition) is 3. The van der Waals surface area contributed by atoms with E-state index < -0.39 is 0 Å². The summed E-state index contributed by atoms with van der Waals surface area (Å²) in [5, 5.41) is 0. The van der Waals surface area contributed by atoms with Crippen LogP contribution in [-0.2, 0) is 11.4 Å². The third-order valence-corrected chi connectivity index (χ3v) is 4.54. The van der Waals surface area contributed by atoms with Crippen LogP contribution in [0.1, 0.15) is 11.1 Å². The zero-order valence-electron chi connectivity index (χ0n) is 15.5. The maximum atomic E-state index is 12.6. The SMILES string of the molecule is O=C(/C=C/c1ccc(OCc2ccccc2)cc1)N1CCOc2ccccc21. The van der Waals surface area contributed by atoms with Gasteiger partial charge < -0.3 is 14.4 Å². The number of anilines is 1. The summed E-state index contributed by atoms with van der Waals surface area (Å²) in [6.07, 6.45) is 3.42. The van der Waals surface area contributed by atoms with Crippen LogP contribution in [0.15, 0.2) is 84.9 Å². The van der Waals surface area contributed by atoms with Crippen molar-refractivity contribution < 1.29 is 14.3 Å². The highest BCUT2D eigenvalue weighted by atomic mass is 16.5. The van der Waals surface area contributed by atoms with Gasteiger partial charge in [-0.05, 0) is 41.5 Å². The maximum Gasteiger partial charge on any atom is 0.251 e. The van der Waals surface area contributed by atoms with E-state index in [0.29, 0.717) is 19.8 Å². The lowest BCUT2D eigenvalue weighted by Crippen LogP contribution is -2.36. The van der Waals surface area contributed by atoms with E-state index in [-0.39, 0.29) is 5.91 Å². The van der Waals surface area contributed by atoms with Crippen LogP contribution in [0, 0.1) is 0 Å². The first-order chi connectivity index (χ1) is 13.8. The summed E-state index contributed by atoms with van der Waals surface area (Å²) in [4.78, 5) is 14.4. The second-order valence-corrected chi connectivity index (χ2v) is 6.48. The van der Waals surface area contributed by atoms with Gasteiger partial charge in [0.1, 0.15) is 24.7 Å². The first kappa shape index (κ1) is 17.9. The maximum absolute atomic E-state index is 12.6. The molecule has 140 valence electrons. The van der Waals surface area contributed by atoms with Crippen molar-refractivity contribution in [3.05, 3.63) is 96.1 Å². The Labute approximate surface area is 164 Å². The van der Waals surface area contributed by atoms with Gasteiger partial charge in [0.15, 0.2) is 0 Å². The van der Waals surface area contributed by atoms with Crippen LogP contribution in [0.3, 0.4) is 0 Å². The molecular formula is C24H21NO3. The topological polar surface area (TPSA) is 38.8 Å². The van der Waals surface area contributed by atoms with Crippen molar-refractivity contribution in [1.82, 2.24) is 0 Å². The third kappa shape index (κ3) is 4.23. The summed E-state index contributed by atoms with van der Waals surface area (Å²) >= 11 is 0. The number of carbonyl (C=O) groups is 1. The van der Waals surface area contributed by atoms with Crippen LogP contribution in [0.4, 0.5) is 5.69 Å². The lowest BCUT2D eigenvalue weighted by Gasteiger charge is -2.28. The first-order valence-corrected chi connectivity index (χ1v) is 9.28. The smallest absolute Gasteiger partial charge is 0.251 e. The van der Waals surface area contributed by atoms with Gasteiger partial charge in [-0.1, -0.05) is 54.6 Å². The number of benzene rings is 3. The Kier molecular flexibility index (Phi) is 5.38. The third-order valence-electron chi connectivity index (χ3n) is 4.54. The molecule has 4 rings (SSSR count). The molecule has 0 saturated carbocycles. The number of ether oxygens (including phenoxy) is 2. The minimum Gasteiger partial charge on any atom is -0.490 e. The van der Waals surface area contributed by atoms with Crippen LogP contribution in [0.25, 0.3) is 6.08 Å². The van der Waals surface area contributed by atoms with Crippen LogP contribution >= 0.6 is 0 Å². The average Bonchev–Trinajstić information content (AvgIpc) is 2.77. The molecule has 0 atom stereocenters. The standard InChI is InChI=1S/C24H21NO3/c26-24(25-16-17-27-23-9-5-4-8-22(23)25)15-12-19-10-13-21(14-11-19)28-18-20-6-2-1-3-7-20/h1-15H,16-18H2/b15-12+. The molecule has 0 N–H and O–H groups in total. The Hall–Kier alpha value is -3.53. The van der Waals surface area contributed by atoms with E-state index in [1.807, 2.05) is 84.9 Å². The van der Waals surface area contributed by atoms with Gasteiger partial charge in [-0.3, -0.25) is 4.79 Å². The number of para-hydroxylation sites is 2. The molecule has 0 unspecified atom stereocenters. The normalized spacial score (nSPS) is 13.1. The molecule has 1 heterocycles. The van der Waals surface area contributed by atoms with Crippen molar-refractivity contribution in [3.63, 3.8) is 0 Å². The molecule has 1 aliphatic rings. The molecule has 3 aromatic carbocycles. The fraction of sp³-hybridized carbons (Fsp3) is 0.125. The van der Waals surface area contributed by atoms with Crippen molar-refractivity contribution in [2.45, 2.75) is 6.61 Å². The van der Waals surface area contributed by atoms with Crippen LogP contribution in [0.5, 0.6) is 11.5 Å². The van der Waals surface area contributed by atoms with E-state index in [0.717, 1.165) is 28.3 Å². The molecule has 1 amide bonds. The number of rotatable bonds is 5. The van der Waals surface area contributed by atoms with E-state index in [1.165, 1.54) is 0 Å². The summed E-state index contributed by atoms with van der Waals surface area (Å²) in [6, 6.07) is 25.4. The highest BCUT2D eigenvalue weighted by molar-refractivity contribution is 6.04. The Bertz CT molecular complexity index is 965. The van der Waals surface area contributed by atoms with Crippen molar-refractivity contribution in [1.29, 1.82) is 0 Å². The molecule has 4 nitrogen and oxygen atoms in total. The predicted molar refractivity (Wildman–Crippen MR) is 111 cm³/mol. The summed E-state index contributed by atoms with van der Waals surface area (Å²) in [6.45, 7) is 1.58. The van der Waals surface area contributed by atoms with Crippen LogP contribution in [0.2, 0.25) is 0 Å². The lowest BCUT2D eigenvalue weighted by atomic mass is 10.2. The number of amides is 1. The average molecular weight is 371 g/mol. The number of hydrogen-bond donors (Lipinski definition) is 0. The Morgan fingerprint density at radius 2 is 1.71 bits per heavy atom. The first-order valence-electron chi connectivity index (χ1n) is 9.28. The molecule has 0 radical (unpaired) electrons. The van der Waals surface area contributed by atoms with E-state index >= 15 is 0 Å². The largest absolute Gasteiger partial charge is 0.490 e. The minimum atomic E-state index is -0.0554. The van der Waals surface area contributed by atoms with Gasteiger partial charge in [-0.2, -0.15) is 0 Å². The number of nitrogens with zero attached hydrogens (tertiary/aromatic N) is 1. The van der Waals surface area contributed by atoms with E-state index in [4.69, 9.17) is 9.47 Å². The Morgan fingerprint density at radius 3 is 2.54 bits per heavy atom. The molecule has 0 bridgehead atoms. The molecule has 0 aromatic heterocycles. The zero-order chi connectivity index (χ0) is 19.2. The predicted octanol–water partition coefficient (Wildman–Crippen LogP) is 4.70. The van der Waals surface area contributed by atoms with Gasteiger partial charge in [-0.25, -0.2) is 0 Å². The van der Waals surface area contributed by atoms with Gasteiger partial charge >= 0.3 is 0 Å². The molecule has 0 spiro atoms. The van der Waals surface area contributed by atoms with Gasteiger partial charge in [0.2, 0.25) is 0 Å².